The van der Waals surface area contributed by atoms with Gasteiger partial charge in [-0.3, -0.25) is 9.59 Å². The summed E-state index contributed by atoms with van der Waals surface area (Å²) in [5, 5.41) is 0. The molecule has 21 heavy (non-hydrogen) atoms. The lowest BCUT2D eigenvalue weighted by atomic mass is 10.1. The lowest BCUT2D eigenvalue weighted by molar-refractivity contribution is -0.133. The van der Waals surface area contributed by atoms with Crippen LogP contribution in [-0.2, 0) is 21.4 Å². The second kappa shape index (κ2) is 6.26. The number of amides is 2. The molecule has 2 amide bonds. The fourth-order valence-electron chi connectivity index (χ4n) is 2.24. The first-order chi connectivity index (χ1) is 9.85. The van der Waals surface area contributed by atoms with Crippen LogP contribution in [0.1, 0.15) is 35.2 Å². The molecule has 1 aliphatic rings. The minimum atomic E-state index is -3.56. The van der Waals surface area contributed by atoms with Gasteiger partial charge in [0.2, 0.25) is 15.9 Å². The Balaban J connectivity index is 2.01. The van der Waals surface area contributed by atoms with Gasteiger partial charge in [0, 0.05) is 25.1 Å². The van der Waals surface area contributed by atoms with Crippen molar-refractivity contribution in [1.29, 1.82) is 0 Å². The quantitative estimate of drug-likeness (QED) is 0.895. The van der Waals surface area contributed by atoms with Crippen LogP contribution in [0.4, 0.5) is 0 Å². The van der Waals surface area contributed by atoms with Gasteiger partial charge in [0.05, 0.1) is 6.26 Å². The van der Waals surface area contributed by atoms with Gasteiger partial charge < -0.3 is 4.90 Å². The van der Waals surface area contributed by atoms with Crippen LogP contribution >= 0.6 is 0 Å². The number of sulfonamides is 1. The molecule has 2 rings (SSSR count). The van der Waals surface area contributed by atoms with Crippen LogP contribution < -0.4 is 4.72 Å². The summed E-state index contributed by atoms with van der Waals surface area (Å²) < 4.78 is 23.9. The zero-order valence-corrected chi connectivity index (χ0v) is 12.6. The third-order valence-electron chi connectivity index (χ3n) is 3.29. The molecule has 0 atom stereocenters. The van der Waals surface area contributed by atoms with Crippen LogP contribution in [0.5, 0.6) is 0 Å². The van der Waals surface area contributed by atoms with Crippen molar-refractivity contribution < 1.29 is 18.0 Å². The highest BCUT2D eigenvalue weighted by Gasteiger charge is 2.18. The number of hydrogen-bond acceptors (Lipinski definition) is 4. The summed E-state index contributed by atoms with van der Waals surface area (Å²) in [4.78, 5) is 25.2. The van der Waals surface area contributed by atoms with Crippen LogP contribution in [0.25, 0.3) is 0 Å². The number of rotatable bonds is 4. The maximum atomic E-state index is 11.7. The van der Waals surface area contributed by atoms with E-state index in [0.29, 0.717) is 13.0 Å². The third kappa shape index (κ3) is 4.56. The largest absolute Gasteiger partial charge is 0.338 e. The second-order valence-electron chi connectivity index (χ2n) is 5.17. The SMILES string of the molecule is CS(=O)(=O)NC(=O)c1ccc(CN2CCCCC2=O)cc1. The summed E-state index contributed by atoms with van der Waals surface area (Å²) in [6, 6.07) is 6.59. The number of benzene rings is 1. The van der Waals surface area contributed by atoms with E-state index in [9.17, 15) is 18.0 Å². The average Bonchev–Trinajstić information content (AvgIpc) is 2.40. The van der Waals surface area contributed by atoms with Gasteiger partial charge >= 0.3 is 0 Å². The molecular weight excluding hydrogens is 292 g/mol. The minimum Gasteiger partial charge on any atom is -0.338 e. The number of nitrogens with one attached hydrogen (secondary N) is 1. The summed E-state index contributed by atoms with van der Waals surface area (Å²) in [6.07, 6.45) is 3.48. The Morgan fingerprint density at radius 3 is 2.48 bits per heavy atom. The van der Waals surface area contributed by atoms with E-state index < -0.39 is 15.9 Å². The average molecular weight is 310 g/mol. The van der Waals surface area contributed by atoms with Crippen molar-refractivity contribution in [3.63, 3.8) is 0 Å². The Morgan fingerprint density at radius 2 is 1.90 bits per heavy atom. The molecule has 0 bridgehead atoms. The van der Waals surface area contributed by atoms with Gasteiger partial charge in [-0.1, -0.05) is 12.1 Å². The highest BCUT2D eigenvalue weighted by Crippen LogP contribution is 2.15. The van der Waals surface area contributed by atoms with Crippen LogP contribution in [0.15, 0.2) is 24.3 Å². The number of piperidine rings is 1. The standard InChI is InChI=1S/C14H18N2O4S/c1-21(19,20)15-14(18)12-7-5-11(6-8-12)10-16-9-3-2-4-13(16)17/h5-8H,2-4,9-10H2,1H3,(H,15,18). The van der Waals surface area contributed by atoms with Crippen LogP contribution in [0.3, 0.4) is 0 Å². The Bertz CT molecular complexity index is 637. The topological polar surface area (TPSA) is 83.6 Å². The lowest BCUT2D eigenvalue weighted by Gasteiger charge is -2.26. The number of carbonyl (C=O) groups is 2. The Labute approximate surface area is 124 Å². The molecule has 0 aliphatic carbocycles. The summed E-state index contributed by atoms with van der Waals surface area (Å²) in [5.41, 5.74) is 1.19. The van der Waals surface area contributed by atoms with E-state index in [1.807, 2.05) is 4.72 Å². The van der Waals surface area contributed by atoms with E-state index in [1.165, 1.54) is 0 Å². The first kappa shape index (κ1) is 15.5. The van der Waals surface area contributed by atoms with Gasteiger partial charge in [-0.05, 0) is 30.5 Å². The Kier molecular flexibility index (Phi) is 4.62. The zero-order chi connectivity index (χ0) is 15.5. The van der Waals surface area contributed by atoms with Gasteiger partial charge in [-0.25, -0.2) is 13.1 Å². The predicted molar refractivity (Wildman–Crippen MR) is 78.0 cm³/mol. The van der Waals surface area contributed by atoms with Crippen LogP contribution in [0, 0.1) is 0 Å². The lowest BCUT2D eigenvalue weighted by Crippen LogP contribution is -2.34. The molecule has 1 aromatic rings. The normalized spacial score (nSPS) is 15.9. The predicted octanol–water partition coefficient (Wildman–Crippen LogP) is 0.888. The molecule has 0 unspecified atom stereocenters. The first-order valence-electron chi connectivity index (χ1n) is 6.74. The van der Waals surface area contributed by atoms with Gasteiger partial charge in [-0.15, -0.1) is 0 Å². The van der Waals surface area contributed by atoms with E-state index in [-0.39, 0.29) is 11.5 Å². The van der Waals surface area contributed by atoms with E-state index >= 15 is 0 Å². The van der Waals surface area contributed by atoms with Gasteiger partial charge in [0.25, 0.3) is 5.91 Å². The molecule has 0 saturated carbocycles. The zero-order valence-electron chi connectivity index (χ0n) is 11.8. The third-order valence-corrected chi connectivity index (χ3v) is 3.85. The van der Waals surface area contributed by atoms with Crippen molar-refractivity contribution in [1.82, 2.24) is 9.62 Å². The fraction of sp³-hybridized carbons (Fsp3) is 0.429. The highest BCUT2D eigenvalue weighted by atomic mass is 32.2. The van der Waals surface area contributed by atoms with Crippen molar-refractivity contribution in [3.8, 4) is 0 Å². The van der Waals surface area contributed by atoms with Gasteiger partial charge in [0.1, 0.15) is 0 Å². The Hall–Kier alpha value is -1.89. The molecule has 1 saturated heterocycles. The minimum absolute atomic E-state index is 0.153. The molecule has 1 heterocycles. The fourth-order valence-corrected chi connectivity index (χ4v) is 2.69. The second-order valence-corrected chi connectivity index (χ2v) is 6.92. The molecule has 1 N–H and O–H groups in total. The molecular formula is C14H18N2O4S. The Morgan fingerprint density at radius 1 is 1.24 bits per heavy atom. The van der Waals surface area contributed by atoms with Crippen LogP contribution in [-0.4, -0.2) is 37.9 Å². The number of hydrogen-bond donors (Lipinski definition) is 1. The summed E-state index contributed by atoms with van der Waals surface area (Å²) in [5.74, 6) is -0.502. The molecule has 1 aliphatic heterocycles. The molecule has 0 radical (unpaired) electrons. The van der Waals surface area contributed by atoms with E-state index in [1.54, 1.807) is 29.2 Å². The van der Waals surface area contributed by atoms with Crippen molar-refractivity contribution >= 4 is 21.8 Å². The van der Waals surface area contributed by atoms with Gasteiger partial charge in [-0.2, -0.15) is 0 Å². The molecule has 1 fully saturated rings. The molecule has 0 aromatic heterocycles. The molecule has 6 nitrogen and oxygen atoms in total. The molecule has 1 aromatic carbocycles. The highest BCUT2D eigenvalue weighted by molar-refractivity contribution is 7.89. The monoisotopic (exact) mass is 310 g/mol. The van der Waals surface area contributed by atoms with Crippen molar-refractivity contribution in [2.75, 3.05) is 12.8 Å². The first-order valence-corrected chi connectivity index (χ1v) is 8.63. The maximum absolute atomic E-state index is 11.7. The van der Waals surface area contributed by atoms with Crippen molar-refractivity contribution in [3.05, 3.63) is 35.4 Å². The van der Waals surface area contributed by atoms with E-state index in [0.717, 1.165) is 31.2 Å². The number of nitrogens with zero attached hydrogens (tertiary/aromatic N) is 1. The maximum Gasteiger partial charge on any atom is 0.264 e. The van der Waals surface area contributed by atoms with Crippen molar-refractivity contribution in [2.45, 2.75) is 25.8 Å². The molecule has 7 heteroatoms. The summed E-state index contributed by atoms with van der Waals surface area (Å²) in [6.45, 7) is 1.28. The summed E-state index contributed by atoms with van der Waals surface area (Å²) in [7, 11) is -3.56. The van der Waals surface area contributed by atoms with Crippen LogP contribution in [0.2, 0.25) is 0 Å². The van der Waals surface area contributed by atoms with Crippen molar-refractivity contribution in [2.24, 2.45) is 0 Å². The molecule has 0 spiro atoms. The number of likely N-dealkylation sites (tertiary alicyclic amines) is 1. The summed E-state index contributed by atoms with van der Waals surface area (Å²) >= 11 is 0. The van der Waals surface area contributed by atoms with Gasteiger partial charge in [0.15, 0.2) is 0 Å². The van der Waals surface area contributed by atoms with E-state index in [2.05, 4.69) is 0 Å². The smallest absolute Gasteiger partial charge is 0.264 e. The molecule has 114 valence electrons. The number of carbonyl (C=O) groups excluding carboxylic acids is 2. The van der Waals surface area contributed by atoms with E-state index in [4.69, 9.17) is 0 Å².